The van der Waals surface area contributed by atoms with Gasteiger partial charge in [-0.05, 0) is 36.4 Å². The van der Waals surface area contributed by atoms with Gasteiger partial charge in [-0.3, -0.25) is 0 Å². The van der Waals surface area contributed by atoms with Crippen LogP contribution in [-0.2, 0) is 6.54 Å². The molecule has 0 aliphatic heterocycles. The summed E-state index contributed by atoms with van der Waals surface area (Å²) in [7, 11) is 0. The van der Waals surface area contributed by atoms with Crippen molar-refractivity contribution in [2.24, 2.45) is 0 Å². The maximum Gasteiger partial charge on any atom is 0.162 e. The van der Waals surface area contributed by atoms with E-state index in [0.29, 0.717) is 18.7 Å². The van der Waals surface area contributed by atoms with E-state index in [4.69, 9.17) is 9.68 Å². The van der Waals surface area contributed by atoms with Gasteiger partial charge in [0, 0.05) is 17.6 Å². The first kappa shape index (κ1) is 15.3. The Balaban J connectivity index is 1.78. The molecule has 0 fully saturated rings. The summed E-state index contributed by atoms with van der Waals surface area (Å²) >= 11 is 1.53. The van der Waals surface area contributed by atoms with Crippen LogP contribution in [0.3, 0.4) is 0 Å². The lowest BCUT2D eigenvalue weighted by molar-refractivity contribution is 0.301. The minimum absolute atomic E-state index is 0.0508. The van der Waals surface area contributed by atoms with Gasteiger partial charge in [0.05, 0.1) is 36.7 Å². The third-order valence-corrected chi connectivity index (χ3v) is 4.27. The molecule has 0 radical (unpaired) electrons. The lowest BCUT2D eigenvalue weighted by Gasteiger charge is -2.23. The Bertz CT molecular complexity index is 788. The van der Waals surface area contributed by atoms with Crippen LogP contribution in [0.2, 0.25) is 0 Å². The van der Waals surface area contributed by atoms with Crippen LogP contribution in [0.1, 0.15) is 11.3 Å². The van der Waals surface area contributed by atoms with Crippen molar-refractivity contribution in [2.45, 2.75) is 6.54 Å². The molecule has 0 saturated carbocycles. The monoisotopic (exact) mass is 325 g/mol. The molecule has 2 aromatic heterocycles. The summed E-state index contributed by atoms with van der Waals surface area (Å²) in [5, 5.41) is 21.0. The van der Waals surface area contributed by atoms with Crippen molar-refractivity contribution in [3.05, 3.63) is 59.3 Å². The molecule has 3 aromatic rings. The fourth-order valence-corrected chi connectivity index (χ4v) is 3.03. The average Bonchev–Trinajstić information content (AvgIpc) is 3.26. The van der Waals surface area contributed by atoms with Crippen molar-refractivity contribution < 1.29 is 9.52 Å². The first-order chi connectivity index (χ1) is 11.3. The molecule has 0 unspecified atom stereocenters. The molecule has 1 aromatic carbocycles. The second kappa shape index (κ2) is 7.09. The van der Waals surface area contributed by atoms with Gasteiger partial charge in [0.25, 0.3) is 0 Å². The highest BCUT2D eigenvalue weighted by molar-refractivity contribution is 7.13. The predicted molar refractivity (Wildman–Crippen MR) is 89.1 cm³/mol. The summed E-state index contributed by atoms with van der Waals surface area (Å²) in [6.07, 6.45) is 1.63. The molecule has 5 nitrogen and oxygen atoms in total. The Labute approximate surface area is 138 Å². The highest BCUT2D eigenvalue weighted by Gasteiger charge is 2.12. The van der Waals surface area contributed by atoms with Gasteiger partial charge in [0.15, 0.2) is 10.8 Å². The van der Waals surface area contributed by atoms with Gasteiger partial charge >= 0.3 is 0 Å². The molecule has 0 spiro atoms. The van der Waals surface area contributed by atoms with Crippen LogP contribution in [0.15, 0.2) is 52.5 Å². The Morgan fingerprint density at radius 3 is 2.74 bits per heavy atom. The lowest BCUT2D eigenvalue weighted by Crippen LogP contribution is -2.26. The maximum atomic E-state index is 9.31. The zero-order valence-electron chi connectivity index (χ0n) is 12.3. The Morgan fingerprint density at radius 2 is 2.09 bits per heavy atom. The first-order valence-corrected chi connectivity index (χ1v) is 8.02. The van der Waals surface area contributed by atoms with E-state index in [1.54, 1.807) is 18.4 Å². The zero-order chi connectivity index (χ0) is 16.1. The third-order valence-electron chi connectivity index (χ3n) is 3.37. The van der Waals surface area contributed by atoms with Gasteiger partial charge in [-0.15, -0.1) is 11.3 Å². The molecule has 116 valence electrons. The molecule has 0 bridgehead atoms. The fourth-order valence-electron chi connectivity index (χ4n) is 2.26. The highest BCUT2D eigenvalue weighted by Crippen LogP contribution is 2.25. The van der Waals surface area contributed by atoms with Crippen LogP contribution >= 0.6 is 11.3 Å². The smallest absolute Gasteiger partial charge is 0.162 e. The van der Waals surface area contributed by atoms with Gasteiger partial charge in [0.1, 0.15) is 0 Å². The van der Waals surface area contributed by atoms with Crippen molar-refractivity contribution in [3.8, 4) is 16.8 Å². The van der Waals surface area contributed by atoms with Crippen molar-refractivity contribution in [1.29, 1.82) is 5.26 Å². The topological polar surface area (TPSA) is 73.3 Å². The predicted octanol–water partition coefficient (Wildman–Crippen LogP) is 3.27. The van der Waals surface area contributed by atoms with Crippen LogP contribution in [-0.4, -0.2) is 23.2 Å². The molecule has 0 saturated heterocycles. The molecule has 0 amide bonds. The van der Waals surface area contributed by atoms with Crippen LogP contribution in [0.4, 0.5) is 5.69 Å². The van der Waals surface area contributed by atoms with Crippen LogP contribution in [0.5, 0.6) is 0 Å². The zero-order valence-corrected chi connectivity index (χ0v) is 13.2. The molecule has 0 aliphatic carbocycles. The average molecular weight is 325 g/mol. The SMILES string of the molecule is N#Cc1ccc(N(CCO)Cc2csc(-c3ccco3)n2)cc1. The molecular weight excluding hydrogens is 310 g/mol. The number of furan rings is 1. The fraction of sp³-hybridized carbons (Fsp3) is 0.176. The minimum Gasteiger partial charge on any atom is -0.462 e. The number of hydrogen-bond donors (Lipinski definition) is 1. The quantitative estimate of drug-likeness (QED) is 0.753. The number of thiazole rings is 1. The number of aliphatic hydroxyl groups excluding tert-OH is 1. The van der Waals surface area contributed by atoms with E-state index in [0.717, 1.165) is 22.1 Å². The van der Waals surface area contributed by atoms with Gasteiger partial charge < -0.3 is 14.4 Å². The van der Waals surface area contributed by atoms with E-state index in [1.807, 2.05) is 34.5 Å². The number of nitriles is 1. The van der Waals surface area contributed by atoms with Crippen molar-refractivity contribution in [2.75, 3.05) is 18.1 Å². The standard InChI is InChI=1S/C17H15N3O2S/c18-10-13-3-5-15(6-4-13)20(7-8-21)11-14-12-23-17(19-14)16-2-1-9-22-16/h1-6,9,12,21H,7-8,11H2. The first-order valence-electron chi connectivity index (χ1n) is 7.14. The van der Waals surface area contributed by atoms with E-state index in [2.05, 4.69) is 11.1 Å². The number of anilines is 1. The summed E-state index contributed by atoms with van der Waals surface area (Å²) in [6, 6.07) is 13.1. The van der Waals surface area contributed by atoms with E-state index >= 15 is 0 Å². The molecule has 1 N–H and O–H groups in total. The number of nitrogens with zero attached hydrogens (tertiary/aromatic N) is 3. The van der Waals surface area contributed by atoms with E-state index < -0.39 is 0 Å². The minimum atomic E-state index is 0.0508. The number of benzene rings is 1. The van der Waals surface area contributed by atoms with Crippen LogP contribution in [0, 0.1) is 11.3 Å². The largest absolute Gasteiger partial charge is 0.462 e. The van der Waals surface area contributed by atoms with E-state index in [-0.39, 0.29) is 6.61 Å². The lowest BCUT2D eigenvalue weighted by atomic mass is 10.2. The third kappa shape index (κ3) is 3.59. The van der Waals surface area contributed by atoms with E-state index in [1.165, 1.54) is 11.3 Å². The highest BCUT2D eigenvalue weighted by atomic mass is 32.1. The van der Waals surface area contributed by atoms with Crippen LogP contribution in [0.25, 0.3) is 10.8 Å². The van der Waals surface area contributed by atoms with Gasteiger partial charge in [-0.1, -0.05) is 0 Å². The second-order valence-electron chi connectivity index (χ2n) is 4.93. The van der Waals surface area contributed by atoms with Gasteiger partial charge in [-0.25, -0.2) is 4.98 Å². The Kier molecular flexibility index (Phi) is 4.71. The molecule has 23 heavy (non-hydrogen) atoms. The molecule has 3 rings (SSSR count). The Morgan fingerprint density at radius 1 is 1.26 bits per heavy atom. The summed E-state index contributed by atoms with van der Waals surface area (Å²) in [5.74, 6) is 0.758. The van der Waals surface area contributed by atoms with Crippen LogP contribution < -0.4 is 4.90 Å². The second-order valence-corrected chi connectivity index (χ2v) is 5.78. The summed E-state index contributed by atoms with van der Waals surface area (Å²) in [5.41, 5.74) is 2.48. The molecule has 6 heteroatoms. The van der Waals surface area contributed by atoms with Crippen molar-refractivity contribution in [3.63, 3.8) is 0 Å². The summed E-state index contributed by atoms with van der Waals surface area (Å²) in [6.45, 7) is 1.14. The molecule has 0 atom stereocenters. The van der Waals surface area contributed by atoms with Gasteiger partial charge in [-0.2, -0.15) is 5.26 Å². The maximum absolute atomic E-state index is 9.31. The number of aromatic nitrogens is 1. The van der Waals surface area contributed by atoms with Crippen molar-refractivity contribution in [1.82, 2.24) is 4.98 Å². The number of aliphatic hydroxyl groups is 1. The Hall–Kier alpha value is -2.62. The summed E-state index contributed by atoms with van der Waals surface area (Å²) < 4.78 is 5.36. The number of rotatable bonds is 6. The normalized spacial score (nSPS) is 10.4. The number of hydrogen-bond acceptors (Lipinski definition) is 6. The van der Waals surface area contributed by atoms with Gasteiger partial charge in [0.2, 0.25) is 0 Å². The summed E-state index contributed by atoms with van der Waals surface area (Å²) in [4.78, 5) is 6.61. The van der Waals surface area contributed by atoms with Crippen molar-refractivity contribution >= 4 is 17.0 Å². The molecule has 2 heterocycles. The molecular formula is C17H15N3O2S. The van der Waals surface area contributed by atoms with E-state index in [9.17, 15) is 5.11 Å². The molecule has 0 aliphatic rings.